The predicted octanol–water partition coefficient (Wildman–Crippen LogP) is 1.53. The molecule has 1 fully saturated rings. The first-order valence-corrected chi connectivity index (χ1v) is 6.96. The minimum absolute atomic E-state index is 0.196. The van der Waals surface area contributed by atoms with Gasteiger partial charge in [0.1, 0.15) is 5.15 Å². The van der Waals surface area contributed by atoms with Crippen molar-refractivity contribution in [2.24, 2.45) is 0 Å². The van der Waals surface area contributed by atoms with Gasteiger partial charge in [0.05, 0.1) is 17.4 Å². The molecule has 0 aromatic carbocycles. The minimum atomic E-state index is -0.196. The van der Waals surface area contributed by atoms with Crippen LogP contribution in [0.5, 0.6) is 0 Å². The highest BCUT2D eigenvalue weighted by molar-refractivity contribution is 6.29. The van der Waals surface area contributed by atoms with Crippen LogP contribution >= 0.6 is 11.6 Å². The Hall–Kier alpha value is -1.33. The number of anilines is 1. The second kappa shape index (κ2) is 6.73. The summed E-state index contributed by atoms with van der Waals surface area (Å²) in [7, 11) is 0. The van der Waals surface area contributed by atoms with Crippen molar-refractivity contribution in [2.45, 2.75) is 19.3 Å². The molecular formula is C13H19ClN4O. The van der Waals surface area contributed by atoms with E-state index in [9.17, 15) is 4.79 Å². The van der Waals surface area contributed by atoms with E-state index >= 15 is 0 Å². The summed E-state index contributed by atoms with van der Waals surface area (Å²) >= 11 is 5.76. The number of nitrogen functional groups attached to an aromatic ring is 1. The third-order valence-electron chi connectivity index (χ3n) is 3.31. The standard InChI is InChI=1S/C13H19ClN4O/c14-12-8-10(11(15)9-17-12)13(19)16-4-7-18-5-2-1-3-6-18/h8-9H,1-7,15H2,(H,16,19). The zero-order chi connectivity index (χ0) is 13.7. The van der Waals surface area contributed by atoms with Gasteiger partial charge < -0.3 is 16.0 Å². The second-order valence-electron chi connectivity index (χ2n) is 4.75. The molecule has 0 bridgehead atoms. The lowest BCUT2D eigenvalue weighted by Crippen LogP contribution is -2.37. The van der Waals surface area contributed by atoms with Crippen molar-refractivity contribution in [3.05, 3.63) is 23.0 Å². The highest BCUT2D eigenvalue weighted by Crippen LogP contribution is 2.14. The van der Waals surface area contributed by atoms with Crippen molar-refractivity contribution in [1.82, 2.24) is 15.2 Å². The van der Waals surface area contributed by atoms with E-state index < -0.39 is 0 Å². The number of likely N-dealkylation sites (tertiary alicyclic amines) is 1. The Morgan fingerprint density at radius 1 is 1.42 bits per heavy atom. The number of hydrogen-bond donors (Lipinski definition) is 2. The maximum atomic E-state index is 12.0. The summed E-state index contributed by atoms with van der Waals surface area (Å²) in [6.07, 6.45) is 5.22. The van der Waals surface area contributed by atoms with Gasteiger partial charge in [-0.05, 0) is 32.0 Å². The highest BCUT2D eigenvalue weighted by atomic mass is 35.5. The number of rotatable bonds is 4. The minimum Gasteiger partial charge on any atom is -0.397 e. The van der Waals surface area contributed by atoms with Crippen molar-refractivity contribution in [3.63, 3.8) is 0 Å². The lowest BCUT2D eigenvalue weighted by molar-refractivity contribution is 0.0947. The number of nitrogens with one attached hydrogen (secondary N) is 1. The molecule has 0 unspecified atom stereocenters. The zero-order valence-electron chi connectivity index (χ0n) is 10.9. The molecule has 104 valence electrons. The molecule has 1 amide bonds. The van der Waals surface area contributed by atoms with Gasteiger partial charge in [-0.3, -0.25) is 4.79 Å². The summed E-state index contributed by atoms with van der Waals surface area (Å²) in [6.45, 7) is 3.75. The van der Waals surface area contributed by atoms with E-state index in [-0.39, 0.29) is 11.1 Å². The number of hydrogen-bond acceptors (Lipinski definition) is 4. The van der Waals surface area contributed by atoms with Gasteiger partial charge in [0.2, 0.25) is 0 Å². The fourth-order valence-electron chi connectivity index (χ4n) is 2.24. The molecule has 1 aromatic heterocycles. The number of halogens is 1. The van der Waals surface area contributed by atoms with Crippen molar-refractivity contribution in [3.8, 4) is 0 Å². The molecular weight excluding hydrogens is 264 g/mol. The van der Waals surface area contributed by atoms with E-state index in [0.717, 1.165) is 19.6 Å². The smallest absolute Gasteiger partial charge is 0.253 e. The summed E-state index contributed by atoms with van der Waals surface area (Å²) in [5.41, 5.74) is 6.45. The Morgan fingerprint density at radius 2 is 2.16 bits per heavy atom. The Balaban J connectivity index is 1.82. The van der Waals surface area contributed by atoms with Gasteiger partial charge in [0.25, 0.3) is 5.91 Å². The molecule has 1 aliphatic rings. The molecule has 0 atom stereocenters. The van der Waals surface area contributed by atoms with Crippen LogP contribution in [0.1, 0.15) is 29.6 Å². The summed E-state index contributed by atoms with van der Waals surface area (Å²) in [6, 6.07) is 1.49. The van der Waals surface area contributed by atoms with Gasteiger partial charge in [0, 0.05) is 13.1 Å². The van der Waals surface area contributed by atoms with Crippen LogP contribution in [-0.2, 0) is 0 Å². The van der Waals surface area contributed by atoms with E-state index in [1.807, 2.05) is 0 Å². The fourth-order valence-corrected chi connectivity index (χ4v) is 2.40. The van der Waals surface area contributed by atoms with Crippen LogP contribution in [-0.4, -0.2) is 42.0 Å². The van der Waals surface area contributed by atoms with E-state index in [1.165, 1.54) is 31.5 Å². The van der Waals surface area contributed by atoms with Crippen LogP contribution in [0.3, 0.4) is 0 Å². The van der Waals surface area contributed by atoms with E-state index in [2.05, 4.69) is 15.2 Å². The van der Waals surface area contributed by atoms with Crippen LogP contribution in [0.15, 0.2) is 12.3 Å². The van der Waals surface area contributed by atoms with Crippen molar-refractivity contribution < 1.29 is 4.79 Å². The van der Waals surface area contributed by atoms with E-state index in [0.29, 0.717) is 17.8 Å². The first-order chi connectivity index (χ1) is 9.16. The molecule has 0 aliphatic carbocycles. The number of piperidine rings is 1. The van der Waals surface area contributed by atoms with Crippen molar-refractivity contribution in [2.75, 3.05) is 31.9 Å². The van der Waals surface area contributed by atoms with Gasteiger partial charge in [-0.15, -0.1) is 0 Å². The molecule has 0 saturated carbocycles. The normalized spacial score (nSPS) is 16.3. The molecule has 2 heterocycles. The SMILES string of the molecule is Nc1cnc(Cl)cc1C(=O)NCCN1CCCCC1. The lowest BCUT2D eigenvalue weighted by atomic mass is 10.1. The van der Waals surface area contributed by atoms with E-state index in [4.69, 9.17) is 17.3 Å². The first kappa shape index (κ1) is 14.1. The third kappa shape index (κ3) is 4.08. The van der Waals surface area contributed by atoms with Gasteiger partial charge in [-0.2, -0.15) is 0 Å². The topological polar surface area (TPSA) is 71.2 Å². The number of pyridine rings is 1. The Kier molecular flexibility index (Phi) is 4.99. The van der Waals surface area contributed by atoms with Gasteiger partial charge in [-0.25, -0.2) is 4.98 Å². The maximum Gasteiger partial charge on any atom is 0.253 e. The Labute approximate surface area is 118 Å². The molecule has 19 heavy (non-hydrogen) atoms. The largest absolute Gasteiger partial charge is 0.397 e. The van der Waals surface area contributed by atoms with Crippen LogP contribution in [0.25, 0.3) is 0 Å². The van der Waals surface area contributed by atoms with Crippen molar-refractivity contribution >= 4 is 23.2 Å². The van der Waals surface area contributed by atoms with Crippen LogP contribution < -0.4 is 11.1 Å². The van der Waals surface area contributed by atoms with Crippen LogP contribution in [0.4, 0.5) is 5.69 Å². The second-order valence-corrected chi connectivity index (χ2v) is 5.14. The van der Waals surface area contributed by atoms with Gasteiger partial charge in [0.15, 0.2) is 0 Å². The molecule has 0 spiro atoms. The first-order valence-electron chi connectivity index (χ1n) is 6.58. The molecule has 2 rings (SSSR count). The van der Waals surface area contributed by atoms with Crippen LogP contribution in [0.2, 0.25) is 5.15 Å². The number of nitrogens with zero attached hydrogens (tertiary/aromatic N) is 2. The zero-order valence-corrected chi connectivity index (χ0v) is 11.6. The Morgan fingerprint density at radius 3 is 2.89 bits per heavy atom. The highest BCUT2D eigenvalue weighted by Gasteiger charge is 2.12. The number of amides is 1. The molecule has 0 radical (unpaired) electrons. The molecule has 6 heteroatoms. The molecule has 5 nitrogen and oxygen atoms in total. The summed E-state index contributed by atoms with van der Waals surface area (Å²) in [5, 5.41) is 3.14. The Bertz CT molecular complexity index is 446. The number of carbonyl (C=O) groups is 1. The maximum absolute atomic E-state index is 12.0. The molecule has 1 aromatic rings. The van der Waals surface area contributed by atoms with Gasteiger partial charge >= 0.3 is 0 Å². The molecule has 3 N–H and O–H groups in total. The van der Waals surface area contributed by atoms with Crippen molar-refractivity contribution in [1.29, 1.82) is 0 Å². The summed E-state index contributed by atoms with van der Waals surface area (Å²) in [5.74, 6) is -0.196. The van der Waals surface area contributed by atoms with Crippen LogP contribution in [0, 0.1) is 0 Å². The number of aromatic nitrogens is 1. The average molecular weight is 283 g/mol. The summed E-state index contributed by atoms with van der Waals surface area (Å²) in [4.78, 5) is 18.2. The van der Waals surface area contributed by atoms with E-state index in [1.54, 1.807) is 0 Å². The molecule has 1 aliphatic heterocycles. The van der Waals surface area contributed by atoms with Gasteiger partial charge in [-0.1, -0.05) is 18.0 Å². The average Bonchev–Trinajstić information content (AvgIpc) is 2.42. The summed E-state index contributed by atoms with van der Waals surface area (Å²) < 4.78 is 0. The quantitative estimate of drug-likeness (QED) is 0.822. The number of nitrogens with two attached hydrogens (primary N) is 1. The molecule has 1 saturated heterocycles. The third-order valence-corrected chi connectivity index (χ3v) is 3.52. The predicted molar refractivity (Wildman–Crippen MR) is 76.3 cm³/mol. The fraction of sp³-hybridized carbons (Fsp3) is 0.538. The lowest BCUT2D eigenvalue weighted by Gasteiger charge is -2.26. The number of carbonyl (C=O) groups excluding carboxylic acids is 1. The monoisotopic (exact) mass is 282 g/mol.